The Morgan fingerprint density at radius 2 is 2.29 bits per heavy atom. The summed E-state index contributed by atoms with van der Waals surface area (Å²) in [5.41, 5.74) is 0.749. The lowest BCUT2D eigenvalue weighted by Crippen LogP contribution is -2.35. The van der Waals surface area contributed by atoms with Crippen molar-refractivity contribution in [2.24, 2.45) is 0 Å². The smallest absolute Gasteiger partial charge is 0.280 e. The minimum atomic E-state index is 0.128. The highest BCUT2D eigenvalue weighted by Gasteiger charge is 2.42. The average Bonchev–Trinajstić information content (AvgIpc) is 3.09. The second kappa shape index (κ2) is 5.93. The summed E-state index contributed by atoms with van der Waals surface area (Å²) in [7, 11) is 1.66. The first-order valence-electron chi connectivity index (χ1n) is 7.51. The van der Waals surface area contributed by atoms with Gasteiger partial charge in [0.15, 0.2) is 11.5 Å². The van der Waals surface area contributed by atoms with E-state index in [0.717, 1.165) is 31.5 Å². The molecule has 0 unspecified atom stereocenters. The van der Waals surface area contributed by atoms with Crippen molar-refractivity contribution in [3.63, 3.8) is 0 Å². The predicted molar refractivity (Wildman–Crippen MR) is 75.6 cm³/mol. The normalized spacial score (nSPS) is 16.9. The molecule has 7 nitrogen and oxygen atoms in total. The van der Waals surface area contributed by atoms with Gasteiger partial charge in [0.1, 0.15) is 0 Å². The van der Waals surface area contributed by atoms with Crippen molar-refractivity contribution in [3.05, 3.63) is 12.0 Å². The van der Waals surface area contributed by atoms with Crippen LogP contribution in [0.5, 0.6) is 0 Å². The molecule has 0 atom stereocenters. The fourth-order valence-corrected chi connectivity index (χ4v) is 2.90. The zero-order chi connectivity index (χ0) is 14.7. The Morgan fingerprint density at radius 1 is 1.43 bits per heavy atom. The van der Waals surface area contributed by atoms with E-state index < -0.39 is 0 Å². The van der Waals surface area contributed by atoms with Crippen LogP contribution in [-0.2, 0) is 16.7 Å². The van der Waals surface area contributed by atoms with Gasteiger partial charge in [0.25, 0.3) is 5.89 Å². The minimum absolute atomic E-state index is 0.128. The van der Waals surface area contributed by atoms with Crippen LogP contribution < -0.4 is 0 Å². The van der Waals surface area contributed by atoms with Gasteiger partial charge in [0.05, 0.1) is 19.3 Å². The molecule has 114 valence electrons. The van der Waals surface area contributed by atoms with Crippen molar-refractivity contribution in [2.45, 2.75) is 51.0 Å². The van der Waals surface area contributed by atoms with Gasteiger partial charge in [-0.15, -0.1) is 5.10 Å². The first-order chi connectivity index (χ1) is 10.3. The third-order valence-electron chi connectivity index (χ3n) is 4.22. The zero-order valence-corrected chi connectivity index (χ0v) is 12.6. The van der Waals surface area contributed by atoms with Crippen LogP contribution in [0.2, 0.25) is 0 Å². The van der Waals surface area contributed by atoms with Gasteiger partial charge in [0.2, 0.25) is 0 Å². The van der Waals surface area contributed by atoms with E-state index in [1.54, 1.807) is 11.8 Å². The summed E-state index contributed by atoms with van der Waals surface area (Å²) in [6, 6.07) is 0. The standard InChI is InChI=1S/C14H21N5O2/c1-3-5-14(6-4-7-14)13-15-12(21-17-13)11-10-19(18-16-11)8-9-20-2/h10H,3-9H2,1-2H3. The molecule has 0 N–H and O–H groups in total. The maximum absolute atomic E-state index is 5.39. The molecular formula is C14H21N5O2. The second-order valence-electron chi connectivity index (χ2n) is 5.67. The summed E-state index contributed by atoms with van der Waals surface area (Å²) in [6.07, 6.45) is 7.62. The zero-order valence-electron chi connectivity index (χ0n) is 12.6. The molecule has 0 aromatic carbocycles. The number of ether oxygens (including phenoxy) is 1. The number of hydrogen-bond acceptors (Lipinski definition) is 6. The van der Waals surface area contributed by atoms with Gasteiger partial charge in [-0.05, 0) is 19.3 Å². The highest BCUT2D eigenvalue weighted by atomic mass is 16.5. The molecular weight excluding hydrogens is 270 g/mol. The largest absolute Gasteiger partial charge is 0.383 e. The topological polar surface area (TPSA) is 78.9 Å². The fraction of sp³-hybridized carbons (Fsp3) is 0.714. The van der Waals surface area contributed by atoms with E-state index in [-0.39, 0.29) is 5.41 Å². The molecule has 21 heavy (non-hydrogen) atoms. The molecule has 1 saturated carbocycles. The lowest BCUT2D eigenvalue weighted by Gasteiger charge is -2.38. The lowest BCUT2D eigenvalue weighted by atomic mass is 9.65. The fourth-order valence-electron chi connectivity index (χ4n) is 2.90. The second-order valence-corrected chi connectivity index (χ2v) is 5.67. The number of aromatic nitrogens is 5. The highest BCUT2D eigenvalue weighted by Crippen LogP contribution is 2.46. The molecule has 3 rings (SSSR count). The van der Waals surface area contributed by atoms with Crippen molar-refractivity contribution in [1.29, 1.82) is 0 Å². The lowest BCUT2D eigenvalue weighted by molar-refractivity contribution is 0.183. The van der Waals surface area contributed by atoms with Gasteiger partial charge in [-0.2, -0.15) is 4.98 Å². The van der Waals surface area contributed by atoms with E-state index in [0.29, 0.717) is 24.7 Å². The Bertz CT molecular complexity index is 588. The van der Waals surface area contributed by atoms with Crippen LogP contribution >= 0.6 is 0 Å². The van der Waals surface area contributed by atoms with Crippen LogP contribution in [0.4, 0.5) is 0 Å². The summed E-state index contributed by atoms with van der Waals surface area (Å²) in [5, 5.41) is 12.3. The number of rotatable bonds is 7. The first kappa shape index (κ1) is 14.2. The van der Waals surface area contributed by atoms with Crippen molar-refractivity contribution in [3.8, 4) is 11.6 Å². The third-order valence-corrected chi connectivity index (χ3v) is 4.22. The molecule has 0 bridgehead atoms. The summed E-state index contributed by atoms with van der Waals surface area (Å²) < 4.78 is 12.1. The van der Waals surface area contributed by atoms with Crippen molar-refractivity contribution in [1.82, 2.24) is 25.1 Å². The first-order valence-corrected chi connectivity index (χ1v) is 7.51. The number of hydrogen-bond donors (Lipinski definition) is 0. The molecule has 0 spiro atoms. The van der Waals surface area contributed by atoms with Crippen LogP contribution in [0.15, 0.2) is 10.7 Å². The maximum Gasteiger partial charge on any atom is 0.280 e. The number of nitrogens with zero attached hydrogens (tertiary/aromatic N) is 5. The molecule has 2 heterocycles. The Morgan fingerprint density at radius 3 is 2.95 bits per heavy atom. The third kappa shape index (κ3) is 2.70. The molecule has 2 aromatic heterocycles. The van der Waals surface area contributed by atoms with Gasteiger partial charge in [-0.25, -0.2) is 4.68 Å². The Kier molecular flexibility index (Phi) is 4.01. The maximum atomic E-state index is 5.39. The van der Waals surface area contributed by atoms with Gasteiger partial charge in [-0.1, -0.05) is 30.1 Å². The van der Waals surface area contributed by atoms with Crippen molar-refractivity contribution < 1.29 is 9.26 Å². The van der Waals surface area contributed by atoms with E-state index in [4.69, 9.17) is 9.26 Å². The van der Waals surface area contributed by atoms with Crippen LogP contribution in [0.3, 0.4) is 0 Å². The molecule has 1 aliphatic rings. The van der Waals surface area contributed by atoms with Crippen molar-refractivity contribution >= 4 is 0 Å². The summed E-state index contributed by atoms with van der Waals surface area (Å²) in [5.74, 6) is 1.29. The van der Waals surface area contributed by atoms with E-state index in [1.807, 2.05) is 6.20 Å². The summed E-state index contributed by atoms with van der Waals surface area (Å²) >= 11 is 0. The molecule has 2 aromatic rings. The highest BCUT2D eigenvalue weighted by molar-refractivity contribution is 5.43. The van der Waals surface area contributed by atoms with E-state index in [1.165, 1.54) is 6.42 Å². The molecule has 0 radical (unpaired) electrons. The Balaban J connectivity index is 1.76. The average molecular weight is 291 g/mol. The molecule has 1 fully saturated rings. The van der Waals surface area contributed by atoms with Crippen molar-refractivity contribution in [2.75, 3.05) is 13.7 Å². The SMILES string of the molecule is CCCC1(c2noc(-c3cn(CCOC)nn3)n2)CCC1. The molecule has 0 saturated heterocycles. The van der Waals surface area contributed by atoms with Gasteiger partial charge in [-0.3, -0.25) is 0 Å². The number of methoxy groups -OCH3 is 1. The molecule has 0 aliphatic heterocycles. The Hall–Kier alpha value is -1.76. The molecule has 0 amide bonds. The molecule has 7 heteroatoms. The predicted octanol–water partition coefficient (Wildman–Crippen LogP) is 2.20. The van der Waals surface area contributed by atoms with Crippen LogP contribution in [0, 0.1) is 0 Å². The summed E-state index contributed by atoms with van der Waals surface area (Å²) in [4.78, 5) is 4.56. The monoisotopic (exact) mass is 291 g/mol. The minimum Gasteiger partial charge on any atom is -0.383 e. The van der Waals surface area contributed by atoms with Gasteiger partial charge >= 0.3 is 0 Å². The van der Waals surface area contributed by atoms with E-state index in [2.05, 4.69) is 27.4 Å². The van der Waals surface area contributed by atoms with E-state index in [9.17, 15) is 0 Å². The van der Waals surface area contributed by atoms with Crippen LogP contribution in [0.1, 0.15) is 44.9 Å². The van der Waals surface area contributed by atoms with E-state index >= 15 is 0 Å². The Labute approximate surface area is 123 Å². The van der Waals surface area contributed by atoms with Gasteiger partial charge in [0, 0.05) is 12.5 Å². The van der Waals surface area contributed by atoms with Crippen LogP contribution in [0.25, 0.3) is 11.6 Å². The van der Waals surface area contributed by atoms with Gasteiger partial charge < -0.3 is 9.26 Å². The molecule has 1 aliphatic carbocycles. The summed E-state index contributed by atoms with van der Waals surface area (Å²) in [6.45, 7) is 3.45. The van der Waals surface area contributed by atoms with Crippen LogP contribution in [-0.4, -0.2) is 38.9 Å². The quantitative estimate of drug-likeness (QED) is 0.778.